The molecule has 1 saturated heterocycles. The molecule has 1 unspecified atom stereocenters. The number of halogens is 3. The van der Waals surface area contributed by atoms with Gasteiger partial charge in [-0.3, -0.25) is 4.79 Å². The number of alkyl halides is 3. The van der Waals surface area contributed by atoms with Crippen LogP contribution in [0.3, 0.4) is 0 Å². The van der Waals surface area contributed by atoms with E-state index in [4.69, 9.17) is 4.74 Å². The smallest absolute Gasteiger partial charge is 0.417 e. The van der Waals surface area contributed by atoms with E-state index >= 15 is 0 Å². The molecule has 2 heterocycles. The highest BCUT2D eigenvalue weighted by atomic mass is 32.2. The molecule has 1 aromatic heterocycles. The summed E-state index contributed by atoms with van der Waals surface area (Å²) < 4.78 is 65.2. The topological polar surface area (TPSA) is 114 Å². The van der Waals surface area contributed by atoms with Gasteiger partial charge in [0, 0.05) is 21.8 Å². The Hall–Kier alpha value is -2.64. The molecule has 1 amide bonds. The number of phenols is 1. The molecular formula is C19H24F3N5O4S. The van der Waals surface area contributed by atoms with Crippen LogP contribution >= 0.6 is 11.1 Å². The van der Waals surface area contributed by atoms with E-state index in [9.17, 15) is 27.6 Å². The molecule has 1 fully saturated rings. The number of hydrogen-bond donors (Lipinski definition) is 2. The molecule has 2 aromatic rings. The molecule has 3 rings (SSSR count). The summed E-state index contributed by atoms with van der Waals surface area (Å²) in [5.41, 5.74) is -2.33. The molecule has 0 bridgehead atoms. The van der Waals surface area contributed by atoms with Crippen molar-refractivity contribution < 1.29 is 32.4 Å². The predicted octanol–water partition coefficient (Wildman–Crippen LogP) is 3.24. The molecule has 176 valence electrons. The Morgan fingerprint density at radius 1 is 1.38 bits per heavy atom. The summed E-state index contributed by atoms with van der Waals surface area (Å²) >= 11 is -1.96. The van der Waals surface area contributed by atoms with E-state index in [0.717, 1.165) is 6.07 Å². The number of carbonyl (C=O) groups is 1. The van der Waals surface area contributed by atoms with E-state index in [1.54, 1.807) is 6.92 Å². The maximum absolute atomic E-state index is 13.7. The van der Waals surface area contributed by atoms with Crippen molar-refractivity contribution in [3.63, 3.8) is 0 Å². The average molecular weight is 475 g/mol. The number of hydrogen-bond acceptors (Lipinski definition) is 8. The summed E-state index contributed by atoms with van der Waals surface area (Å²) in [6.45, 7) is 3.25. The number of phenolic OH excluding ortho intramolecular Hbond substituents is 1. The van der Waals surface area contributed by atoms with Gasteiger partial charge in [-0.05, 0) is 52.0 Å². The van der Waals surface area contributed by atoms with Crippen molar-refractivity contribution in [1.82, 2.24) is 18.5 Å². The lowest BCUT2D eigenvalue weighted by Crippen LogP contribution is -2.44. The standard InChI is InChI=1S/C19H24F3N5O4S/c1-4-31-17-16(24-32(30)25-17)23-13-6-5-12(19(20,21)22)14(15(13)28)18(29)27(3)11-7-9-26(2)10-8-11/h5-6,11,28H,4,7-10H2,1-3H3,(H,23,24). The molecule has 0 spiro atoms. The van der Waals surface area contributed by atoms with Gasteiger partial charge in [0.05, 0.1) is 23.4 Å². The normalized spacial score (nSPS) is 16.2. The summed E-state index contributed by atoms with van der Waals surface area (Å²) in [4.78, 5) is 16.4. The van der Waals surface area contributed by atoms with Crippen LogP contribution in [0.4, 0.5) is 24.7 Å². The Labute approximate surface area is 185 Å². The van der Waals surface area contributed by atoms with Crippen molar-refractivity contribution in [2.75, 3.05) is 39.1 Å². The lowest BCUT2D eigenvalue weighted by atomic mass is 9.99. The van der Waals surface area contributed by atoms with Crippen molar-refractivity contribution in [2.24, 2.45) is 0 Å². The van der Waals surface area contributed by atoms with Gasteiger partial charge in [0.1, 0.15) is 0 Å². The van der Waals surface area contributed by atoms with Crippen LogP contribution in [0.2, 0.25) is 0 Å². The maximum atomic E-state index is 13.7. The predicted molar refractivity (Wildman–Crippen MR) is 111 cm³/mol. The number of ether oxygens (including phenoxy) is 1. The minimum absolute atomic E-state index is 0.110. The van der Waals surface area contributed by atoms with Crippen LogP contribution in [0.1, 0.15) is 35.7 Å². The summed E-state index contributed by atoms with van der Waals surface area (Å²) in [5, 5.41) is 13.3. The molecule has 0 aliphatic carbocycles. The molecule has 1 aliphatic rings. The van der Waals surface area contributed by atoms with Crippen LogP contribution in [0, 0.1) is 0 Å². The number of aromatic nitrogens is 2. The van der Waals surface area contributed by atoms with Gasteiger partial charge in [-0.1, -0.05) is 0 Å². The maximum Gasteiger partial charge on any atom is 0.417 e. The lowest BCUT2D eigenvalue weighted by Gasteiger charge is -2.35. The molecule has 32 heavy (non-hydrogen) atoms. The largest absolute Gasteiger partial charge is 0.546 e. The molecule has 2 N–H and O–H groups in total. The number of carbonyl (C=O) groups excluding carboxylic acids is 1. The number of rotatable bonds is 6. The van der Waals surface area contributed by atoms with E-state index in [1.165, 1.54) is 11.9 Å². The van der Waals surface area contributed by atoms with Crippen molar-refractivity contribution in [3.05, 3.63) is 23.3 Å². The minimum Gasteiger partial charge on any atom is -0.546 e. The van der Waals surface area contributed by atoms with E-state index < -0.39 is 40.1 Å². The van der Waals surface area contributed by atoms with Crippen LogP contribution in [0.5, 0.6) is 11.6 Å². The van der Waals surface area contributed by atoms with Gasteiger partial charge in [0.15, 0.2) is 16.9 Å². The van der Waals surface area contributed by atoms with E-state index in [-0.39, 0.29) is 30.0 Å². The van der Waals surface area contributed by atoms with Crippen LogP contribution in [0.15, 0.2) is 12.1 Å². The first-order chi connectivity index (χ1) is 15.0. The SMILES string of the molecule is CCOc1n[s+]([O-])nc1Nc1ccc(C(F)(F)F)c(C(=O)N(C)C2CCN(C)CC2)c1O. The lowest BCUT2D eigenvalue weighted by molar-refractivity contribution is -0.138. The second kappa shape index (κ2) is 9.46. The van der Waals surface area contributed by atoms with Crippen molar-refractivity contribution >= 4 is 28.6 Å². The highest BCUT2D eigenvalue weighted by Gasteiger charge is 2.39. The number of piperidine rings is 1. The number of nitrogens with zero attached hydrogens (tertiary/aromatic N) is 4. The summed E-state index contributed by atoms with van der Waals surface area (Å²) in [5.74, 6) is -2.06. The number of amides is 1. The molecule has 0 saturated carbocycles. The van der Waals surface area contributed by atoms with E-state index in [2.05, 4.69) is 19.0 Å². The quantitative estimate of drug-likeness (QED) is 0.484. The van der Waals surface area contributed by atoms with Crippen molar-refractivity contribution in [3.8, 4) is 11.6 Å². The average Bonchev–Trinajstić information content (AvgIpc) is 3.07. The summed E-state index contributed by atoms with van der Waals surface area (Å²) in [6.07, 6.45) is -3.65. The molecule has 1 aromatic carbocycles. The zero-order valence-electron chi connectivity index (χ0n) is 17.8. The fourth-order valence-electron chi connectivity index (χ4n) is 3.56. The molecule has 1 aliphatic heterocycles. The number of nitrogens with one attached hydrogen (secondary N) is 1. The van der Waals surface area contributed by atoms with Crippen LogP contribution in [-0.2, 0) is 6.18 Å². The Morgan fingerprint density at radius 3 is 2.62 bits per heavy atom. The van der Waals surface area contributed by atoms with Crippen molar-refractivity contribution in [2.45, 2.75) is 32.0 Å². The first kappa shape index (κ1) is 24.0. The Bertz CT molecular complexity index is 977. The third-order valence-electron chi connectivity index (χ3n) is 5.32. The Kier molecular flexibility index (Phi) is 7.10. The third kappa shape index (κ3) is 5.05. The first-order valence-corrected chi connectivity index (χ1v) is 11.0. The van der Waals surface area contributed by atoms with Crippen LogP contribution in [-0.4, -0.2) is 73.9 Å². The van der Waals surface area contributed by atoms with Gasteiger partial charge in [-0.15, -0.1) is 0 Å². The summed E-state index contributed by atoms with van der Waals surface area (Å²) in [7, 11) is 3.36. The molecular weight excluding hydrogens is 451 g/mol. The fourth-order valence-corrected chi connectivity index (χ4v) is 4.16. The summed E-state index contributed by atoms with van der Waals surface area (Å²) in [6, 6.07) is 1.42. The van der Waals surface area contributed by atoms with Crippen LogP contribution in [0.25, 0.3) is 0 Å². The Balaban J connectivity index is 1.99. The van der Waals surface area contributed by atoms with Gasteiger partial charge in [0.25, 0.3) is 11.7 Å². The van der Waals surface area contributed by atoms with Gasteiger partial charge in [-0.25, -0.2) is 0 Å². The second-order valence-corrected chi connectivity index (χ2v) is 8.28. The first-order valence-electron chi connectivity index (χ1n) is 9.91. The number of anilines is 2. The van der Waals surface area contributed by atoms with E-state index in [0.29, 0.717) is 32.0 Å². The van der Waals surface area contributed by atoms with Gasteiger partial charge < -0.3 is 29.5 Å². The van der Waals surface area contributed by atoms with Gasteiger partial charge >= 0.3 is 12.1 Å². The molecule has 13 heteroatoms. The second-order valence-electron chi connectivity index (χ2n) is 7.46. The highest BCUT2D eigenvalue weighted by Crippen LogP contribution is 2.42. The van der Waals surface area contributed by atoms with Crippen LogP contribution < -0.4 is 10.1 Å². The molecule has 9 nitrogen and oxygen atoms in total. The zero-order valence-corrected chi connectivity index (χ0v) is 18.6. The number of likely N-dealkylation sites (tertiary alicyclic amines) is 1. The fraction of sp³-hybridized carbons (Fsp3) is 0.526. The molecule has 1 atom stereocenters. The van der Waals surface area contributed by atoms with Crippen molar-refractivity contribution in [1.29, 1.82) is 0 Å². The van der Waals surface area contributed by atoms with Gasteiger partial charge in [-0.2, -0.15) is 13.2 Å². The van der Waals surface area contributed by atoms with Gasteiger partial charge in [0.2, 0.25) is 0 Å². The Morgan fingerprint density at radius 2 is 2.03 bits per heavy atom. The zero-order chi connectivity index (χ0) is 23.6. The number of benzene rings is 1. The monoisotopic (exact) mass is 475 g/mol. The number of aromatic hydroxyl groups is 1. The third-order valence-corrected chi connectivity index (χ3v) is 5.98. The highest BCUT2D eigenvalue weighted by molar-refractivity contribution is 7.14. The van der Waals surface area contributed by atoms with E-state index in [1.807, 2.05) is 7.05 Å². The molecule has 0 radical (unpaired) electrons. The minimum atomic E-state index is -4.86.